The minimum Gasteiger partial charge on any atom is -0.483 e. The molecule has 1 aliphatic heterocycles. The maximum Gasteiger partial charge on any atom is 0.277 e. The fourth-order valence-electron chi connectivity index (χ4n) is 8.05. The van der Waals surface area contributed by atoms with E-state index in [1.807, 2.05) is 35.6 Å². The van der Waals surface area contributed by atoms with E-state index in [2.05, 4.69) is 37.0 Å². The number of aliphatic hydroxyl groups is 1. The smallest absolute Gasteiger partial charge is 0.277 e. The number of aliphatic hydroxyl groups excluding tert-OH is 1. The number of rotatable bonds is 26. The topological polar surface area (TPSA) is 212 Å². The molecular weight excluding hydrogens is 1090 g/mol. The molecule has 2 aliphatic rings. The number of aryl methyl sites for hydroxylation is 1. The number of thiazole rings is 1. The highest BCUT2D eigenvalue weighted by atomic mass is 127. The predicted molar refractivity (Wildman–Crippen MR) is 276 cm³/mol. The van der Waals surface area contributed by atoms with Crippen molar-refractivity contribution in [2.75, 3.05) is 44.7 Å². The molecule has 3 atom stereocenters. The van der Waals surface area contributed by atoms with Crippen LogP contribution in [0.2, 0.25) is 0 Å². The van der Waals surface area contributed by atoms with Gasteiger partial charge in [-0.25, -0.2) is 28.0 Å². The van der Waals surface area contributed by atoms with Gasteiger partial charge < -0.3 is 41.3 Å². The van der Waals surface area contributed by atoms with Gasteiger partial charge in [-0.1, -0.05) is 52.2 Å². The van der Waals surface area contributed by atoms with Crippen molar-refractivity contribution >= 4 is 74.8 Å². The number of carbonyl (C=O) groups is 5. The maximum absolute atomic E-state index is 14.7. The van der Waals surface area contributed by atoms with Crippen LogP contribution in [0, 0.1) is 33.4 Å². The Morgan fingerprint density at radius 3 is 2.36 bits per heavy atom. The lowest BCUT2D eigenvalue weighted by Gasteiger charge is -2.35. The van der Waals surface area contributed by atoms with Crippen LogP contribution in [0.25, 0.3) is 10.4 Å². The number of unbranched alkanes of at least 4 members (excludes halogenated alkanes) is 4. The van der Waals surface area contributed by atoms with Crippen LogP contribution in [0.1, 0.15) is 100 Å². The number of anilines is 2. The average Bonchev–Trinajstić information content (AvgIpc) is 3.75. The van der Waals surface area contributed by atoms with E-state index in [0.717, 1.165) is 66.9 Å². The van der Waals surface area contributed by atoms with E-state index < -0.39 is 76.0 Å². The molecule has 0 unspecified atom stereocenters. The first-order chi connectivity index (χ1) is 34.7. The molecule has 1 saturated heterocycles. The summed E-state index contributed by atoms with van der Waals surface area (Å²) < 4.78 is 64.4. The second kappa shape index (κ2) is 26.2. The molecule has 396 valence electrons. The zero-order chi connectivity index (χ0) is 52.9. The summed E-state index contributed by atoms with van der Waals surface area (Å²) in [6.45, 7) is 8.62. The first-order valence-electron chi connectivity index (χ1n) is 24.3. The highest BCUT2D eigenvalue weighted by Gasteiger charge is 2.53. The van der Waals surface area contributed by atoms with Gasteiger partial charge in [-0.3, -0.25) is 28.8 Å². The van der Waals surface area contributed by atoms with E-state index in [1.165, 1.54) is 28.4 Å². The molecule has 0 radical (unpaired) electrons. The summed E-state index contributed by atoms with van der Waals surface area (Å²) in [6.07, 6.45) is 4.20. The molecular formula is C51H63F4IN8O8S. The number of carbonyl (C=O) groups excluding carboxylic acids is 5. The van der Waals surface area contributed by atoms with Gasteiger partial charge in [0.25, 0.3) is 17.7 Å². The van der Waals surface area contributed by atoms with Gasteiger partial charge in [0.05, 0.1) is 45.7 Å². The number of hydroxylamine groups is 1. The zero-order valence-corrected chi connectivity index (χ0v) is 44.2. The summed E-state index contributed by atoms with van der Waals surface area (Å²) in [5.74, 6) is -6.00. The van der Waals surface area contributed by atoms with Gasteiger partial charge in [-0.15, -0.1) is 11.3 Å². The molecule has 73 heavy (non-hydrogen) atoms. The molecule has 4 aromatic rings. The van der Waals surface area contributed by atoms with Crippen LogP contribution in [0.5, 0.6) is 5.75 Å². The van der Waals surface area contributed by atoms with Crippen molar-refractivity contribution in [3.63, 3.8) is 0 Å². The van der Waals surface area contributed by atoms with Gasteiger partial charge in [0.15, 0.2) is 23.9 Å². The van der Waals surface area contributed by atoms with Crippen molar-refractivity contribution in [2.45, 2.75) is 116 Å². The Morgan fingerprint density at radius 1 is 0.932 bits per heavy atom. The largest absolute Gasteiger partial charge is 0.483 e. The van der Waals surface area contributed by atoms with Gasteiger partial charge in [0, 0.05) is 35.2 Å². The van der Waals surface area contributed by atoms with E-state index in [-0.39, 0.29) is 62.7 Å². The molecule has 2 heterocycles. The second-order valence-electron chi connectivity index (χ2n) is 19.3. The number of aromatic nitrogens is 1. The van der Waals surface area contributed by atoms with Crippen LogP contribution < -0.4 is 36.8 Å². The van der Waals surface area contributed by atoms with Crippen LogP contribution in [0.15, 0.2) is 54.0 Å². The number of hydrogen-bond acceptors (Lipinski definition) is 12. The van der Waals surface area contributed by atoms with Gasteiger partial charge in [-0.05, 0) is 122 Å². The summed E-state index contributed by atoms with van der Waals surface area (Å²) >= 11 is 3.37. The molecule has 0 bridgehead atoms. The maximum atomic E-state index is 14.7. The van der Waals surface area contributed by atoms with Crippen molar-refractivity contribution in [2.24, 2.45) is 5.41 Å². The Kier molecular flexibility index (Phi) is 20.4. The number of likely N-dealkylation sites (tertiary alicyclic amines) is 1. The molecule has 5 amide bonds. The first kappa shape index (κ1) is 56.9. The Morgan fingerprint density at radius 2 is 1.66 bits per heavy atom. The highest BCUT2D eigenvalue weighted by Crippen LogP contribution is 2.41. The molecule has 16 nitrogen and oxygen atoms in total. The van der Waals surface area contributed by atoms with Crippen molar-refractivity contribution in [3.8, 4) is 16.2 Å². The average molecular weight is 1150 g/mol. The van der Waals surface area contributed by atoms with Crippen molar-refractivity contribution in [1.82, 2.24) is 36.6 Å². The number of β-amino-alcohol motifs (C(OH)–C–C–N with tert-alkyl or cyclic N) is 1. The van der Waals surface area contributed by atoms with Gasteiger partial charge >= 0.3 is 0 Å². The summed E-state index contributed by atoms with van der Waals surface area (Å²) in [7, 11) is 0. The van der Waals surface area contributed by atoms with Crippen LogP contribution >= 0.6 is 33.9 Å². The van der Waals surface area contributed by atoms with Crippen LogP contribution in [0.4, 0.5) is 28.9 Å². The number of ether oxygens (including phenoxy) is 1. The lowest BCUT2D eigenvalue weighted by molar-refractivity contribution is -0.145. The Bertz CT molecular complexity index is 2600. The minimum atomic E-state index is -2.00. The summed E-state index contributed by atoms with van der Waals surface area (Å²) in [4.78, 5) is 77.8. The molecule has 0 spiro atoms. The molecule has 2 fully saturated rings. The van der Waals surface area contributed by atoms with E-state index in [4.69, 9.17) is 9.57 Å². The third-order valence-corrected chi connectivity index (χ3v) is 14.0. The third kappa shape index (κ3) is 16.0. The molecule has 6 rings (SSSR count). The van der Waals surface area contributed by atoms with Gasteiger partial charge in [0.2, 0.25) is 11.8 Å². The standard InChI is InChI=1S/C51H63F4IN8O8S/c1-30-44(73-29-60-30)31-11-12-32(26-59-47(68)39-25-34(65)27-64(39)48(69)45(50(2,3)4)62-49(70)51(55)17-18-51)40(23-31)71-28-41(66)58-21-9-7-5-6-8-19-57-20-10-22-72-63-46(67)35-14-15-36(52)42(54)43(35)61-38-16-13-33(56)24-37(38)53/h11-16,23-24,29,34,39,45,57,61,65H,5-10,17-22,25-28H2,1-4H3,(H,58,66)(H,59,68)(H,62,70)(H,63,67)/t34-,39-,45-/m1/s1. The molecule has 3 aromatic carbocycles. The second-order valence-corrected chi connectivity index (χ2v) is 21.4. The van der Waals surface area contributed by atoms with E-state index in [9.17, 15) is 46.6 Å². The van der Waals surface area contributed by atoms with Crippen LogP contribution in [0.3, 0.4) is 0 Å². The number of nitrogens with zero attached hydrogens (tertiary/aromatic N) is 2. The van der Waals surface area contributed by atoms with E-state index >= 15 is 0 Å². The van der Waals surface area contributed by atoms with Crippen molar-refractivity contribution in [3.05, 3.63) is 91.9 Å². The number of alkyl halides is 1. The lowest BCUT2D eigenvalue weighted by Crippen LogP contribution is -2.59. The van der Waals surface area contributed by atoms with Crippen LogP contribution in [-0.2, 0) is 30.6 Å². The van der Waals surface area contributed by atoms with Gasteiger partial charge in [0.1, 0.15) is 23.7 Å². The molecule has 1 saturated carbocycles. The van der Waals surface area contributed by atoms with E-state index in [1.54, 1.807) is 44.5 Å². The van der Waals surface area contributed by atoms with Gasteiger partial charge in [-0.2, -0.15) is 0 Å². The summed E-state index contributed by atoms with van der Waals surface area (Å²) in [6, 6.07) is 9.28. The fraction of sp³-hybridized carbons (Fsp3) is 0.490. The minimum absolute atomic E-state index is 0.0236. The lowest BCUT2D eigenvalue weighted by atomic mass is 9.85. The monoisotopic (exact) mass is 1150 g/mol. The SMILES string of the molecule is Cc1ncsc1-c1ccc(CNC(=O)[C@H]2C[C@@H](O)CN2C(=O)[C@@H](NC(=O)C2(F)CC2)C(C)(C)C)c(OCC(=O)NCCCCCCCNCCCONC(=O)c2ccc(F)c(F)c2Nc2ccc(I)cc2F)c1. The Labute approximate surface area is 439 Å². The van der Waals surface area contributed by atoms with Crippen molar-refractivity contribution in [1.29, 1.82) is 0 Å². The number of nitrogens with one attached hydrogen (secondary N) is 6. The molecule has 1 aliphatic carbocycles. The highest BCUT2D eigenvalue weighted by molar-refractivity contribution is 14.1. The molecule has 7 N–H and O–H groups in total. The third-order valence-electron chi connectivity index (χ3n) is 12.4. The normalized spacial score (nSPS) is 16.4. The summed E-state index contributed by atoms with van der Waals surface area (Å²) in [5.41, 5.74) is 2.43. The number of benzene rings is 3. The Hall–Kier alpha value is -5.43. The Balaban J connectivity index is 0.874. The van der Waals surface area contributed by atoms with E-state index in [0.29, 0.717) is 34.4 Å². The van der Waals surface area contributed by atoms with Crippen LogP contribution in [-0.4, -0.2) is 108 Å². The predicted octanol–water partition coefficient (Wildman–Crippen LogP) is 7.28. The zero-order valence-electron chi connectivity index (χ0n) is 41.2. The number of amides is 5. The first-order valence-corrected chi connectivity index (χ1v) is 26.2. The van der Waals surface area contributed by atoms with Crippen molar-refractivity contribution < 1.29 is 56.2 Å². The number of halogens is 5. The number of hydrogen-bond donors (Lipinski definition) is 7. The molecule has 1 aromatic heterocycles. The fourth-order valence-corrected chi connectivity index (χ4v) is 9.31. The quantitative estimate of drug-likeness (QED) is 0.0144. The molecule has 22 heteroatoms. The summed E-state index contributed by atoms with van der Waals surface area (Å²) in [5, 5.41) is 24.7.